The smallest absolute Gasteiger partial charge is 0.227 e. The Bertz CT molecular complexity index is 945. The third kappa shape index (κ3) is 7.62. The van der Waals surface area contributed by atoms with Gasteiger partial charge < -0.3 is 14.5 Å². The summed E-state index contributed by atoms with van der Waals surface area (Å²) in [5.41, 5.74) is 2.09. The summed E-state index contributed by atoms with van der Waals surface area (Å²) in [7, 11) is 0. The summed E-state index contributed by atoms with van der Waals surface area (Å²) in [6.45, 7) is 4.53. The quantitative estimate of drug-likeness (QED) is 0.473. The van der Waals surface area contributed by atoms with Crippen molar-refractivity contribution in [1.82, 2.24) is 4.90 Å². The Kier molecular flexibility index (Phi) is 9.97. The van der Waals surface area contributed by atoms with Gasteiger partial charge in [-0.1, -0.05) is 30.3 Å². The number of amides is 2. The Balaban J connectivity index is 1.40. The van der Waals surface area contributed by atoms with Crippen LogP contribution in [0.15, 0.2) is 54.6 Å². The first-order chi connectivity index (χ1) is 16.6. The molecule has 0 unspecified atom stereocenters. The van der Waals surface area contributed by atoms with Crippen molar-refractivity contribution in [3.63, 3.8) is 0 Å². The number of ether oxygens (including phenoxy) is 1. The zero-order valence-electron chi connectivity index (χ0n) is 20.1. The molecule has 2 amide bonds. The van der Waals surface area contributed by atoms with Crippen LogP contribution in [0.3, 0.4) is 0 Å². The molecule has 2 aromatic rings. The van der Waals surface area contributed by atoms with Crippen LogP contribution in [-0.4, -0.2) is 43.0 Å². The Morgan fingerprint density at radius 3 is 2.41 bits per heavy atom. The topological polar surface area (TPSA) is 73.6 Å². The van der Waals surface area contributed by atoms with Crippen LogP contribution >= 0.6 is 0 Å². The Labute approximate surface area is 203 Å². The van der Waals surface area contributed by atoms with Crippen LogP contribution in [0.2, 0.25) is 0 Å². The molecular weight excluding hydrogens is 426 g/mol. The van der Waals surface area contributed by atoms with Gasteiger partial charge in [0, 0.05) is 38.2 Å². The molecule has 1 saturated heterocycles. The molecule has 3 rings (SSSR count). The Hall–Kier alpha value is -3.33. The normalized spacial score (nSPS) is 13.8. The van der Waals surface area contributed by atoms with E-state index in [1.807, 2.05) is 54.3 Å². The average Bonchev–Trinajstić information content (AvgIpc) is 2.88. The van der Waals surface area contributed by atoms with Crippen molar-refractivity contribution in [3.05, 3.63) is 60.2 Å². The number of carbonyl (C=O) groups is 2. The number of para-hydroxylation sites is 1. The zero-order valence-corrected chi connectivity index (χ0v) is 20.1. The molecule has 0 aromatic heterocycles. The van der Waals surface area contributed by atoms with Gasteiger partial charge in [-0.25, -0.2) is 0 Å². The van der Waals surface area contributed by atoms with Crippen molar-refractivity contribution in [1.29, 1.82) is 5.26 Å². The van der Waals surface area contributed by atoms with E-state index in [0.29, 0.717) is 19.1 Å². The molecule has 1 fully saturated rings. The number of benzene rings is 2. The van der Waals surface area contributed by atoms with Crippen LogP contribution in [-0.2, 0) is 16.0 Å². The maximum atomic E-state index is 12.8. The van der Waals surface area contributed by atoms with Crippen molar-refractivity contribution in [2.24, 2.45) is 5.92 Å². The third-order valence-corrected chi connectivity index (χ3v) is 6.41. The van der Waals surface area contributed by atoms with Gasteiger partial charge in [0.25, 0.3) is 0 Å². The van der Waals surface area contributed by atoms with Crippen molar-refractivity contribution >= 4 is 17.5 Å². The lowest BCUT2D eigenvalue weighted by Crippen LogP contribution is -2.39. The highest BCUT2D eigenvalue weighted by molar-refractivity contribution is 5.95. The highest BCUT2D eigenvalue weighted by Gasteiger charge is 2.24. The van der Waals surface area contributed by atoms with Crippen LogP contribution in [0.25, 0.3) is 0 Å². The van der Waals surface area contributed by atoms with Crippen LogP contribution in [0.4, 0.5) is 5.69 Å². The van der Waals surface area contributed by atoms with Gasteiger partial charge in [0.05, 0.1) is 19.1 Å². The largest absolute Gasteiger partial charge is 0.494 e. The summed E-state index contributed by atoms with van der Waals surface area (Å²) in [6.07, 6.45) is 4.82. The second-order valence-electron chi connectivity index (χ2n) is 8.73. The molecule has 2 aromatic carbocycles. The molecule has 0 spiro atoms. The van der Waals surface area contributed by atoms with Crippen molar-refractivity contribution in [3.8, 4) is 11.8 Å². The van der Waals surface area contributed by atoms with Crippen molar-refractivity contribution in [2.75, 3.05) is 31.1 Å². The number of piperidine rings is 1. The van der Waals surface area contributed by atoms with Crippen LogP contribution < -0.4 is 9.64 Å². The van der Waals surface area contributed by atoms with Gasteiger partial charge in [-0.3, -0.25) is 9.59 Å². The van der Waals surface area contributed by atoms with Crippen molar-refractivity contribution in [2.45, 2.75) is 51.9 Å². The molecule has 0 radical (unpaired) electrons. The van der Waals surface area contributed by atoms with Gasteiger partial charge in [-0.15, -0.1) is 0 Å². The minimum absolute atomic E-state index is 0.0478. The summed E-state index contributed by atoms with van der Waals surface area (Å²) >= 11 is 0. The summed E-state index contributed by atoms with van der Waals surface area (Å²) in [4.78, 5) is 29.1. The molecule has 0 bridgehead atoms. The van der Waals surface area contributed by atoms with Gasteiger partial charge in [0.2, 0.25) is 11.8 Å². The van der Waals surface area contributed by atoms with E-state index in [0.717, 1.165) is 50.2 Å². The highest BCUT2D eigenvalue weighted by Crippen LogP contribution is 2.24. The Morgan fingerprint density at radius 1 is 1.06 bits per heavy atom. The maximum absolute atomic E-state index is 12.8. The maximum Gasteiger partial charge on any atom is 0.227 e. The lowest BCUT2D eigenvalue weighted by molar-refractivity contribution is -0.134. The van der Waals surface area contributed by atoms with E-state index in [1.165, 1.54) is 5.56 Å². The fraction of sp³-hybridized carbons (Fsp3) is 0.464. The summed E-state index contributed by atoms with van der Waals surface area (Å²) in [6, 6.07) is 19.8. The number of carbonyl (C=O) groups excluding carboxylic acids is 2. The molecule has 6 heteroatoms. The van der Waals surface area contributed by atoms with Crippen molar-refractivity contribution < 1.29 is 14.3 Å². The molecule has 0 atom stereocenters. The number of aryl methyl sites for hydroxylation is 1. The number of nitriles is 1. The fourth-order valence-corrected chi connectivity index (χ4v) is 4.44. The first-order valence-electron chi connectivity index (χ1n) is 12.3. The third-order valence-electron chi connectivity index (χ3n) is 6.41. The molecule has 0 N–H and O–H groups in total. The Morgan fingerprint density at radius 2 is 1.76 bits per heavy atom. The molecule has 0 aliphatic carbocycles. The second kappa shape index (κ2) is 13.4. The van der Waals surface area contributed by atoms with Crippen LogP contribution in [0, 0.1) is 17.2 Å². The minimum Gasteiger partial charge on any atom is -0.494 e. The summed E-state index contributed by atoms with van der Waals surface area (Å²) in [5, 5.41) is 8.93. The lowest BCUT2D eigenvalue weighted by atomic mass is 9.90. The van der Waals surface area contributed by atoms with Gasteiger partial charge in [-0.2, -0.15) is 5.26 Å². The van der Waals surface area contributed by atoms with E-state index in [1.54, 1.807) is 4.90 Å². The molecule has 1 aliphatic heterocycles. The van der Waals surface area contributed by atoms with E-state index in [2.05, 4.69) is 18.2 Å². The van der Waals surface area contributed by atoms with E-state index in [9.17, 15) is 9.59 Å². The van der Waals surface area contributed by atoms with E-state index in [-0.39, 0.29) is 31.1 Å². The van der Waals surface area contributed by atoms with E-state index < -0.39 is 0 Å². The minimum atomic E-state index is -0.111. The number of hydrogen-bond donors (Lipinski definition) is 0. The number of anilines is 1. The SMILES string of the molecule is CCOc1ccc(CCC2CCN(C(=O)CCC(=O)N(CCC#N)c3ccccc3)CC2)cc1. The number of likely N-dealkylation sites (tertiary alicyclic amines) is 1. The monoisotopic (exact) mass is 461 g/mol. The fourth-order valence-electron chi connectivity index (χ4n) is 4.44. The number of hydrogen-bond acceptors (Lipinski definition) is 4. The average molecular weight is 462 g/mol. The summed E-state index contributed by atoms with van der Waals surface area (Å²) < 4.78 is 5.50. The molecule has 1 aliphatic rings. The number of nitrogens with zero attached hydrogens (tertiary/aromatic N) is 3. The van der Waals surface area contributed by atoms with E-state index >= 15 is 0 Å². The molecular formula is C28H35N3O3. The molecule has 1 heterocycles. The molecule has 0 saturated carbocycles. The van der Waals surface area contributed by atoms with Gasteiger partial charge in [0.1, 0.15) is 5.75 Å². The van der Waals surface area contributed by atoms with Gasteiger partial charge >= 0.3 is 0 Å². The standard InChI is InChI=1S/C28H35N3O3/c1-2-34-26-13-11-23(12-14-26)9-10-24-17-21-30(22-18-24)27(32)15-16-28(33)31(20-6-19-29)25-7-4-3-5-8-25/h3-5,7-8,11-14,24H,2,6,9-10,15-18,20-22H2,1H3. The predicted octanol–water partition coefficient (Wildman–Crippen LogP) is 4.98. The van der Waals surface area contributed by atoms with E-state index in [4.69, 9.17) is 10.00 Å². The first-order valence-corrected chi connectivity index (χ1v) is 12.3. The first kappa shape index (κ1) is 25.3. The number of rotatable bonds is 11. The zero-order chi connectivity index (χ0) is 24.2. The molecule has 180 valence electrons. The molecule has 6 nitrogen and oxygen atoms in total. The van der Waals surface area contributed by atoms with Gasteiger partial charge in [0.15, 0.2) is 0 Å². The second-order valence-corrected chi connectivity index (χ2v) is 8.73. The lowest BCUT2D eigenvalue weighted by Gasteiger charge is -2.32. The van der Waals surface area contributed by atoms with Crippen LogP contribution in [0.5, 0.6) is 5.75 Å². The highest BCUT2D eigenvalue weighted by atomic mass is 16.5. The van der Waals surface area contributed by atoms with Crippen LogP contribution in [0.1, 0.15) is 51.0 Å². The van der Waals surface area contributed by atoms with Gasteiger partial charge in [-0.05, 0) is 68.4 Å². The summed E-state index contributed by atoms with van der Waals surface area (Å²) in [5.74, 6) is 1.47. The predicted molar refractivity (Wildman–Crippen MR) is 133 cm³/mol. The molecule has 34 heavy (non-hydrogen) atoms.